The van der Waals surface area contributed by atoms with E-state index in [1.165, 1.54) is 0 Å². The summed E-state index contributed by atoms with van der Waals surface area (Å²) in [5.74, 6) is -0.274. The van der Waals surface area contributed by atoms with Gasteiger partial charge in [0.05, 0.1) is 12.3 Å². The van der Waals surface area contributed by atoms with Gasteiger partial charge in [-0.2, -0.15) is 0 Å². The van der Waals surface area contributed by atoms with Crippen LogP contribution < -0.4 is 0 Å². The Morgan fingerprint density at radius 3 is 2.45 bits per heavy atom. The van der Waals surface area contributed by atoms with Gasteiger partial charge in [0, 0.05) is 5.92 Å². The maximum absolute atomic E-state index is 11.1. The van der Waals surface area contributed by atoms with Crippen molar-refractivity contribution in [3.63, 3.8) is 0 Å². The first-order valence-electron chi connectivity index (χ1n) is 6.59. The number of rotatable bonds is 5. The van der Waals surface area contributed by atoms with Gasteiger partial charge in [0.15, 0.2) is 0 Å². The molecule has 0 aliphatic heterocycles. The molecule has 0 bridgehead atoms. The third-order valence-corrected chi connectivity index (χ3v) is 3.19. The zero-order valence-electron chi connectivity index (χ0n) is 11.8. The summed E-state index contributed by atoms with van der Waals surface area (Å²) in [6.07, 6.45) is -0.0649. The number of aryl methyl sites for hydroxylation is 1. The van der Waals surface area contributed by atoms with Crippen LogP contribution in [0.2, 0.25) is 0 Å². The fraction of sp³-hybridized carbons (Fsp3) is 0.400. The monoisotopic (exact) mass is 274 g/mol. The lowest BCUT2D eigenvalue weighted by molar-refractivity contribution is -0.137. The summed E-state index contributed by atoms with van der Waals surface area (Å²) in [6.45, 7) is 5.86. The fourth-order valence-electron chi connectivity index (χ4n) is 2.10. The van der Waals surface area contributed by atoms with Gasteiger partial charge in [0.25, 0.3) is 0 Å². The summed E-state index contributed by atoms with van der Waals surface area (Å²) in [5.41, 5.74) is 1.93. The number of aliphatic carboxylic acids is 1. The number of aromatic nitrogens is 2. The predicted molar refractivity (Wildman–Crippen MR) is 73.7 cm³/mol. The zero-order chi connectivity index (χ0) is 14.7. The van der Waals surface area contributed by atoms with Gasteiger partial charge >= 0.3 is 5.97 Å². The van der Waals surface area contributed by atoms with Gasteiger partial charge in [-0.1, -0.05) is 38.1 Å². The molecule has 1 atom stereocenters. The highest BCUT2D eigenvalue weighted by atomic mass is 16.4. The van der Waals surface area contributed by atoms with Crippen molar-refractivity contribution in [2.24, 2.45) is 0 Å². The van der Waals surface area contributed by atoms with E-state index in [-0.39, 0.29) is 12.3 Å². The fourth-order valence-corrected chi connectivity index (χ4v) is 2.10. The van der Waals surface area contributed by atoms with Crippen molar-refractivity contribution in [2.75, 3.05) is 0 Å². The first kappa shape index (κ1) is 14.2. The molecule has 0 amide bonds. The van der Waals surface area contributed by atoms with E-state index in [1.54, 1.807) is 0 Å². The molecule has 0 saturated carbocycles. The first-order chi connectivity index (χ1) is 9.49. The van der Waals surface area contributed by atoms with Crippen molar-refractivity contribution < 1.29 is 14.3 Å². The molecule has 1 aromatic heterocycles. The average Bonchev–Trinajstić information content (AvgIpc) is 2.86. The number of carboxylic acids is 1. The van der Waals surface area contributed by atoms with Gasteiger partial charge in [-0.25, -0.2) is 0 Å². The van der Waals surface area contributed by atoms with E-state index in [2.05, 4.69) is 10.2 Å². The second-order valence-electron chi connectivity index (χ2n) is 5.14. The molecule has 2 rings (SSSR count). The van der Waals surface area contributed by atoms with Crippen LogP contribution in [0.1, 0.15) is 55.0 Å². The predicted octanol–water partition coefficient (Wildman–Crippen LogP) is 3.11. The topological polar surface area (TPSA) is 76.2 Å². The average molecular weight is 274 g/mol. The number of hydrogen-bond acceptors (Lipinski definition) is 4. The molecule has 1 heterocycles. The van der Waals surface area contributed by atoms with E-state index in [4.69, 9.17) is 9.52 Å². The Morgan fingerprint density at radius 2 is 1.90 bits per heavy atom. The van der Waals surface area contributed by atoms with Crippen molar-refractivity contribution in [3.05, 3.63) is 47.2 Å². The summed E-state index contributed by atoms with van der Waals surface area (Å²) in [5, 5.41) is 17.1. The van der Waals surface area contributed by atoms with Crippen molar-refractivity contribution >= 4 is 5.97 Å². The van der Waals surface area contributed by atoms with Crippen molar-refractivity contribution in [1.29, 1.82) is 0 Å². The zero-order valence-corrected chi connectivity index (χ0v) is 11.8. The van der Waals surface area contributed by atoms with Gasteiger partial charge in [0.2, 0.25) is 11.8 Å². The second-order valence-corrected chi connectivity index (χ2v) is 5.14. The number of nitrogens with zero attached hydrogens (tertiary/aromatic N) is 2. The molecule has 106 valence electrons. The molecule has 0 saturated heterocycles. The highest BCUT2D eigenvalue weighted by Crippen LogP contribution is 2.30. The Morgan fingerprint density at radius 1 is 1.25 bits per heavy atom. The molecule has 0 aliphatic carbocycles. The van der Waals surface area contributed by atoms with Crippen LogP contribution in [-0.4, -0.2) is 21.3 Å². The number of carboxylic acid groups (broad SMARTS) is 1. The van der Waals surface area contributed by atoms with E-state index in [1.807, 2.05) is 45.0 Å². The highest BCUT2D eigenvalue weighted by Gasteiger charge is 2.25. The van der Waals surface area contributed by atoms with Crippen molar-refractivity contribution in [2.45, 2.75) is 39.0 Å². The summed E-state index contributed by atoms with van der Waals surface area (Å²) >= 11 is 0. The number of hydrogen-bond donors (Lipinski definition) is 1. The lowest BCUT2D eigenvalue weighted by Crippen LogP contribution is -2.09. The summed E-state index contributed by atoms with van der Waals surface area (Å²) < 4.78 is 5.63. The Kier molecular flexibility index (Phi) is 4.17. The van der Waals surface area contributed by atoms with Crippen molar-refractivity contribution in [1.82, 2.24) is 10.2 Å². The summed E-state index contributed by atoms with van der Waals surface area (Å²) in [6, 6.07) is 7.66. The van der Waals surface area contributed by atoms with Crippen LogP contribution in [0.15, 0.2) is 28.7 Å². The van der Waals surface area contributed by atoms with Crippen LogP contribution >= 0.6 is 0 Å². The minimum absolute atomic E-state index is 0.0649. The maximum Gasteiger partial charge on any atom is 0.304 e. The molecule has 1 aromatic carbocycles. The molecule has 0 spiro atoms. The Labute approximate surface area is 117 Å². The van der Waals surface area contributed by atoms with Crippen LogP contribution in [0.3, 0.4) is 0 Å². The minimum Gasteiger partial charge on any atom is -0.481 e. The van der Waals surface area contributed by atoms with Gasteiger partial charge in [-0.05, 0) is 18.1 Å². The molecule has 2 aromatic rings. The van der Waals surface area contributed by atoms with E-state index >= 15 is 0 Å². The Balaban J connectivity index is 2.41. The molecule has 1 unspecified atom stereocenters. The molecule has 5 heteroatoms. The molecule has 0 aliphatic rings. The van der Waals surface area contributed by atoms with Crippen LogP contribution in [-0.2, 0) is 4.79 Å². The van der Waals surface area contributed by atoms with Crippen LogP contribution in [0.5, 0.6) is 0 Å². The van der Waals surface area contributed by atoms with Crippen LogP contribution in [0.25, 0.3) is 0 Å². The smallest absolute Gasteiger partial charge is 0.304 e. The van der Waals surface area contributed by atoms with E-state index < -0.39 is 11.9 Å². The van der Waals surface area contributed by atoms with Gasteiger partial charge in [-0.3, -0.25) is 4.79 Å². The minimum atomic E-state index is -0.887. The Hall–Kier alpha value is -2.17. The second kappa shape index (κ2) is 5.86. The Bertz CT molecular complexity index is 605. The quantitative estimate of drug-likeness (QED) is 0.906. The third-order valence-electron chi connectivity index (χ3n) is 3.19. The highest BCUT2D eigenvalue weighted by molar-refractivity contribution is 5.68. The molecule has 5 nitrogen and oxygen atoms in total. The van der Waals surface area contributed by atoms with E-state index in [9.17, 15) is 4.79 Å². The van der Waals surface area contributed by atoms with Crippen LogP contribution in [0.4, 0.5) is 0 Å². The SMILES string of the molecule is Cc1ccccc1C(CC(=O)O)c1nnc(C(C)C)o1. The van der Waals surface area contributed by atoms with E-state index in [0.717, 1.165) is 11.1 Å². The van der Waals surface area contributed by atoms with Gasteiger partial charge in [0.1, 0.15) is 0 Å². The normalized spacial score (nSPS) is 12.6. The van der Waals surface area contributed by atoms with E-state index in [0.29, 0.717) is 11.8 Å². The number of benzene rings is 1. The first-order valence-corrected chi connectivity index (χ1v) is 6.59. The molecule has 1 N–H and O–H groups in total. The summed E-state index contributed by atoms with van der Waals surface area (Å²) in [4.78, 5) is 11.1. The number of carbonyl (C=O) groups is 1. The lowest BCUT2D eigenvalue weighted by atomic mass is 9.92. The molecule has 0 radical (unpaired) electrons. The molecule has 0 fully saturated rings. The van der Waals surface area contributed by atoms with Crippen LogP contribution in [0, 0.1) is 6.92 Å². The van der Waals surface area contributed by atoms with Gasteiger partial charge in [-0.15, -0.1) is 10.2 Å². The third kappa shape index (κ3) is 3.04. The lowest BCUT2D eigenvalue weighted by Gasteiger charge is -2.13. The molecular formula is C15H18N2O3. The maximum atomic E-state index is 11.1. The standard InChI is InChI=1S/C15H18N2O3/c1-9(2)14-16-17-15(20-14)12(8-13(18)19)11-7-5-4-6-10(11)3/h4-7,9,12H,8H2,1-3H3,(H,18,19). The van der Waals surface area contributed by atoms with Crippen molar-refractivity contribution in [3.8, 4) is 0 Å². The summed E-state index contributed by atoms with van der Waals surface area (Å²) in [7, 11) is 0. The largest absolute Gasteiger partial charge is 0.481 e. The molecular weight excluding hydrogens is 256 g/mol. The van der Waals surface area contributed by atoms with Gasteiger partial charge < -0.3 is 9.52 Å². The molecule has 20 heavy (non-hydrogen) atoms.